The van der Waals surface area contributed by atoms with Gasteiger partial charge in [0.05, 0.1) is 7.11 Å². The lowest BCUT2D eigenvalue weighted by Crippen LogP contribution is -2.04. The first-order valence-corrected chi connectivity index (χ1v) is 7.64. The van der Waals surface area contributed by atoms with E-state index in [9.17, 15) is 4.79 Å². The second-order valence-electron chi connectivity index (χ2n) is 5.70. The van der Waals surface area contributed by atoms with E-state index in [1.165, 1.54) is 11.6 Å². The fourth-order valence-electron chi connectivity index (χ4n) is 2.39. The van der Waals surface area contributed by atoms with Gasteiger partial charge >= 0.3 is 5.97 Å². The Hall–Kier alpha value is -2.55. The molecule has 0 saturated heterocycles. The van der Waals surface area contributed by atoms with Crippen molar-refractivity contribution in [1.29, 1.82) is 0 Å². The highest BCUT2D eigenvalue weighted by Gasteiger charge is 2.06. The van der Waals surface area contributed by atoms with Gasteiger partial charge in [-0.05, 0) is 59.9 Å². The SMILES string of the molecule is COc1ccc(/C=C/C(=O)Oc2ccc(C(C)C)c(C)c2)cc1. The van der Waals surface area contributed by atoms with E-state index in [1.54, 1.807) is 13.2 Å². The molecular weight excluding hydrogens is 288 g/mol. The molecule has 0 aliphatic carbocycles. The van der Waals surface area contributed by atoms with Crippen LogP contribution in [0.25, 0.3) is 6.08 Å². The molecule has 2 aromatic rings. The number of carbonyl (C=O) groups is 1. The molecule has 0 radical (unpaired) electrons. The number of aryl methyl sites for hydroxylation is 1. The Morgan fingerprint density at radius 1 is 1.04 bits per heavy atom. The molecule has 0 spiro atoms. The third-order valence-electron chi connectivity index (χ3n) is 3.61. The van der Waals surface area contributed by atoms with E-state index in [4.69, 9.17) is 9.47 Å². The monoisotopic (exact) mass is 310 g/mol. The van der Waals surface area contributed by atoms with Crippen LogP contribution in [0.3, 0.4) is 0 Å². The van der Waals surface area contributed by atoms with Crippen LogP contribution in [-0.2, 0) is 4.79 Å². The van der Waals surface area contributed by atoms with Crippen molar-refractivity contribution in [3.63, 3.8) is 0 Å². The zero-order valence-corrected chi connectivity index (χ0v) is 14.0. The molecule has 2 aromatic carbocycles. The predicted molar refractivity (Wildman–Crippen MR) is 92.9 cm³/mol. The second-order valence-corrected chi connectivity index (χ2v) is 5.70. The molecule has 0 aromatic heterocycles. The zero-order valence-electron chi connectivity index (χ0n) is 14.0. The van der Waals surface area contributed by atoms with Gasteiger partial charge in [-0.15, -0.1) is 0 Å². The maximum atomic E-state index is 11.9. The first-order chi connectivity index (χ1) is 11.0. The van der Waals surface area contributed by atoms with E-state index in [1.807, 2.05) is 49.4 Å². The summed E-state index contributed by atoms with van der Waals surface area (Å²) in [5.41, 5.74) is 3.30. The molecule has 0 aliphatic heterocycles. The molecule has 0 saturated carbocycles. The molecule has 3 nitrogen and oxygen atoms in total. The van der Waals surface area contributed by atoms with Crippen molar-refractivity contribution < 1.29 is 14.3 Å². The van der Waals surface area contributed by atoms with Gasteiger partial charge in [0, 0.05) is 6.08 Å². The fraction of sp³-hybridized carbons (Fsp3) is 0.250. The highest BCUT2D eigenvalue weighted by molar-refractivity contribution is 5.88. The van der Waals surface area contributed by atoms with Crippen molar-refractivity contribution in [2.75, 3.05) is 7.11 Å². The lowest BCUT2D eigenvalue weighted by atomic mass is 9.98. The lowest BCUT2D eigenvalue weighted by molar-refractivity contribution is -0.128. The number of ether oxygens (including phenoxy) is 2. The van der Waals surface area contributed by atoms with Crippen molar-refractivity contribution in [2.45, 2.75) is 26.7 Å². The molecule has 0 N–H and O–H groups in total. The molecular formula is C20H22O3. The summed E-state index contributed by atoms with van der Waals surface area (Å²) in [5.74, 6) is 1.41. The van der Waals surface area contributed by atoms with Crippen molar-refractivity contribution in [1.82, 2.24) is 0 Å². The van der Waals surface area contributed by atoms with Crippen molar-refractivity contribution in [3.05, 3.63) is 65.2 Å². The summed E-state index contributed by atoms with van der Waals surface area (Å²) in [6, 6.07) is 13.2. The van der Waals surface area contributed by atoms with Crippen LogP contribution in [0.5, 0.6) is 11.5 Å². The first-order valence-electron chi connectivity index (χ1n) is 7.64. The average Bonchev–Trinajstić information content (AvgIpc) is 2.53. The Morgan fingerprint density at radius 2 is 1.70 bits per heavy atom. The van der Waals surface area contributed by atoms with Crippen LogP contribution in [0.2, 0.25) is 0 Å². The summed E-state index contributed by atoms with van der Waals surface area (Å²) in [6.45, 7) is 6.32. The minimum atomic E-state index is -0.391. The topological polar surface area (TPSA) is 35.5 Å². The minimum Gasteiger partial charge on any atom is -0.497 e. The van der Waals surface area contributed by atoms with Crippen LogP contribution in [0.15, 0.2) is 48.5 Å². The molecule has 2 rings (SSSR count). The first kappa shape index (κ1) is 16.8. The molecule has 0 aliphatic rings. The summed E-state index contributed by atoms with van der Waals surface area (Å²) in [6.07, 6.45) is 3.14. The third kappa shape index (κ3) is 4.71. The third-order valence-corrected chi connectivity index (χ3v) is 3.61. The van der Waals surface area contributed by atoms with E-state index >= 15 is 0 Å². The van der Waals surface area contributed by atoms with E-state index in [-0.39, 0.29) is 0 Å². The fourth-order valence-corrected chi connectivity index (χ4v) is 2.39. The number of esters is 1. The molecule has 0 atom stereocenters. The molecule has 0 unspecified atom stereocenters. The van der Waals surface area contributed by atoms with Gasteiger partial charge in [-0.1, -0.05) is 32.0 Å². The number of rotatable bonds is 5. The van der Waals surface area contributed by atoms with Crippen molar-refractivity contribution in [3.8, 4) is 11.5 Å². The van der Waals surface area contributed by atoms with E-state index in [0.29, 0.717) is 11.7 Å². The quantitative estimate of drug-likeness (QED) is 0.454. The molecule has 0 heterocycles. The number of carbonyl (C=O) groups excluding carboxylic acids is 1. The van der Waals surface area contributed by atoms with Crippen LogP contribution >= 0.6 is 0 Å². The summed E-state index contributed by atoms with van der Waals surface area (Å²) in [5, 5.41) is 0. The predicted octanol–water partition coefficient (Wildman–Crippen LogP) is 4.75. The van der Waals surface area contributed by atoms with Crippen molar-refractivity contribution >= 4 is 12.0 Å². The zero-order chi connectivity index (χ0) is 16.8. The lowest BCUT2D eigenvalue weighted by Gasteiger charge is -2.11. The van der Waals surface area contributed by atoms with Crippen LogP contribution < -0.4 is 9.47 Å². The Balaban J connectivity index is 2.01. The standard InChI is InChI=1S/C20H22O3/c1-14(2)19-11-10-18(13-15(19)3)23-20(21)12-7-16-5-8-17(22-4)9-6-16/h5-14H,1-4H3/b12-7+. The molecule has 23 heavy (non-hydrogen) atoms. The van der Waals surface area contributed by atoms with Gasteiger partial charge in [-0.3, -0.25) is 0 Å². The molecule has 0 fully saturated rings. The molecule has 0 amide bonds. The largest absolute Gasteiger partial charge is 0.497 e. The highest BCUT2D eigenvalue weighted by Crippen LogP contribution is 2.23. The minimum absolute atomic E-state index is 0.391. The maximum Gasteiger partial charge on any atom is 0.336 e. The average molecular weight is 310 g/mol. The van der Waals surface area contributed by atoms with Crippen LogP contribution in [0, 0.1) is 6.92 Å². The second kappa shape index (κ2) is 7.63. The Kier molecular flexibility index (Phi) is 5.58. The highest BCUT2D eigenvalue weighted by atomic mass is 16.5. The molecule has 120 valence electrons. The van der Waals surface area contributed by atoms with Gasteiger partial charge < -0.3 is 9.47 Å². The normalized spacial score (nSPS) is 11.0. The molecule has 0 bridgehead atoms. The van der Waals surface area contributed by atoms with Gasteiger partial charge in [0.15, 0.2) is 0 Å². The summed E-state index contributed by atoms with van der Waals surface area (Å²) < 4.78 is 10.4. The number of hydrogen-bond donors (Lipinski definition) is 0. The summed E-state index contributed by atoms with van der Waals surface area (Å²) in [4.78, 5) is 11.9. The van der Waals surface area contributed by atoms with Gasteiger partial charge in [-0.2, -0.15) is 0 Å². The number of benzene rings is 2. The van der Waals surface area contributed by atoms with Gasteiger partial charge in [0.25, 0.3) is 0 Å². The van der Waals surface area contributed by atoms with Crippen molar-refractivity contribution in [2.24, 2.45) is 0 Å². The van der Waals surface area contributed by atoms with Gasteiger partial charge in [-0.25, -0.2) is 4.79 Å². The van der Waals surface area contributed by atoms with E-state index in [0.717, 1.165) is 16.9 Å². The van der Waals surface area contributed by atoms with E-state index < -0.39 is 5.97 Å². The molecule has 3 heteroatoms. The number of methoxy groups -OCH3 is 1. The Morgan fingerprint density at radius 3 is 2.26 bits per heavy atom. The maximum absolute atomic E-state index is 11.9. The van der Waals surface area contributed by atoms with Gasteiger partial charge in [0.2, 0.25) is 0 Å². The van der Waals surface area contributed by atoms with Crippen LogP contribution in [0.4, 0.5) is 0 Å². The van der Waals surface area contributed by atoms with Crippen LogP contribution in [0.1, 0.15) is 36.5 Å². The van der Waals surface area contributed by atoms with E-state index in [2.05, 4.69) is 13.8 Å². The van der Waals surface area contributed by atoms with Gasteiger partial charge in [0.1, 0.15) is 11.5 Å². The smallest absolute Gasteiger partial charge is 0.336 e. The summed E-state index contributed by atoms with van der Waals surface area (Å²) >= 11 is 0. The number of hydrogen-bond acceptors (Lipinski definition) is 3. The van der Waals surface area contributed by atoms with Crippen LogP contribution in [-0.4, -0.2) is 13.1 Å². The Bertz CT molecular complexity index is 697. The Labute approximate surface area is 137 Å². The summed E-state index contributed by atoms with van der Waals surface area (Å²) in [7, 11) is 1.62.